The van der Waals surface area contributed by atoms with Crippen molar-refractivity contribution in [2.24, 2.45) is 0 Å². The van der Waals surface area contributed by atoms with Gasteiger partial charge in [-0.05, 0) is 105 Å². The number of alkyl carbamates (subject to hydrolysis) is 2. The van der Waals surface area contributed by atoms with Crippen LogP contribution in [-0.2, 0) is 68.9 Å². The van der Waals surface area contributed by atoms with Crippen molar-refractivity contribution < 1.29 is 65.4 Å². The third kappa shape index (κ3) is 22.7. The van der Waals surface area contributed by atoms with Gasteiger partial charge in [-0.25, -0.2) is 9.59 Å². The second-order valence-corrected chi connectivity index (χ2v) is 28.3. The second kappa shape index (κ2) is 33.9. The molecule has 0 spiro atoms. The lowest BCUT2D eigenvalue weighted by atomic mass is 9.92. The number of aryl methyl sites for hydroxylation is 2. The number of unbranched alkanes of at least 4 members (excludes halogenated alkanes) is 6. The number of hydrogen-bond donors (Lipinski definition) is 4. The van der Waals surface area contributed by atoms with Crippen LogP contribution in [0, 0.1) is 0 Å². The van der Waals surface area contributed by atoms with E-state index in [1.54, 1.807) is 53.7 Å². The predicted molar refractivity (Wildman–Crippen MR) is 328 cm³/mol. The monoisotopic (exact) mass is 1240 g/mol. The molecule has 8 atom stereocenters. The average Bonchev–Trinajstić information content (AvgIpc) is 3.15. The minimum absolute atomic E-state index is 0.0873. The number of rotatable bonds is 34. The molecule has 0 radical (unpaired) electrons. The Morgan fingerprint density at radius 3 is 1.22 bits per heavy atom. The second-order valence-electron chi connectivity index (χ2n) is 23.9. The van der Waals surface area contributed by atoms with Crippen molar-refractivity contribution in [2.75, 3.05) is 27.4 Å². The number of carbonyl (C=O) groups is 4. The van der Waals surface area contributed by atoms with Gasteiger partial charge in [0.25, 0.3) is 0 Å². The fourth-order valence-corrected chi connectivity index (χ4v) is 13.5. The summed E-state index contributed by atoms with van der Waals surface area (Å²) in [5, 5.41) is 29.9. The summed E-state index contributed by atoms with van der Waals surface area (Å²) < 4.78 is 79.6. The Kier molecular flexibility index (Phi) is 28.1. The van der Waals surface area contributed by atoms with Crippen molar-refractivity contribution in [3.05, 3.63) is 59.4 Å². The van der Waals surface area contributed by atoms with E-state index >= 15 is 0 Å². The molecule has 0 bridgehead atoms. The first-order valence-electron chi connectivity index (χ1n) is 30.5. The summed E-state index contributed by atoms with van der Waals surface area (Å²) >= 11 is 0. The molecule has 1 aromatic carbocycles. The van der Waals surface area contributed by atoms with Gasteiger partial charge in [-0.3, -0.25) is 28.1 Å². The highest BCUT2D eigenvalue weighted by Gasteiger charge is 2.45. The van der Waals surface area contributed by atoms with Crippen molar-refractivity contribution in [3.8, 4) is 22.5 Å². The van der Waals surface area contributed by atoms with E-state index in [0.717, 1.165) is 86.7 Å². The summed E-state index contributed by atoms with van der Waals surface area (Å²) in [5.74, 6) is -0.597. The molecule has 2 heterocycles. The highest BCUT2D eigenvalue weighted by molar-refractivity contribution is 7.58. The molecule has 24 nitrogen and oxygen atoms in total. The molecule has 482 valence electrons. The van der Waals surface area contributed by atoms with Gasteiger partial charge in [-0.15, -0.1) is 10.2 Å². The topological polar surface area (TPSA) is 286 Å². The summed E-state index contributed by atoms with van der Waals surface area (Å²) in [4.78, 5) is 50.8. The van der Waals surface area contributed by atoms with Gasteiger partial charge >= 0.3 is 27.4 Å². The molecule has 3 aromatic rings. The highest BCUT2D eigenvalue weighted by atomic mass is 31.2. The number of hydrogen-bond acceptors (Lipinski definition) is 18. The molecule has 0 fully saturated rings. The number of amides is 4. The zero-order valence-electron chi connectivity index (χ0n) is 53.3. The van der Waals surface area contributed by atoms with Gasteiger partial charge in [0.05, 0.1) is 74.2 Å². The van der Waals surface area contributed by atoms with Crippen molar-refractivity contribution in [1.29, 1.82) is 0 Å². The van der Waals surface area contributed by atoms with Crippen LogP contribution in [0.1, 0.15) is 173 Å². The maximum Gasteiger partial charge on any atom is 0.407 e. The molecule has 0 saturated heterocycles. The first kappa shape index (κ1) is 71.4. The Bertz CT molecular complexity index is 2600. The Balaban J connectivity index is 1.06. The fourth-order valence-electron chi connectivity index (χ4n) is 10.2. The normalized spacial score (nSPS) is 20.6. The van der Waals surface area contributed by atoms with Gasteiger partial charge in [0.2, 0.25) is 11.8 Å². The lowest BCUT2D eigenvalue weighted by Crippen LogP contribution is -2.59. The predicted octanol–water partition coefficient (Wildman–Crippen LogP) is 11.6. The molecule has 4 N–H and O–H groups in total. The minimum atomic E-state index is -3.82. The standard InChI is InChI=1S/C60H98N10O14P2/c1-15-45(16-2)81-53-37-47(35-49(55(53)61-41(5)71)63-57(73)83-59(7,8)9)85(75,77-13)79-33-25-21-19-23-31-69-39-51(65-67-69)43-27-29-44(30-28-43)52-40-70(68-66-52)32-24-20-22-26-34-80-86(76,78-14)48-36-50(64-58(74)84-60(10,11)12)56(62-42(6)72)54(38-48)82-46(17-3)18-4/h27-30,37-40,45-46,49-50,53-56H,15-26,31-36H2,1-14H3,(H,61,71)(H,62,72)(H,63,73)(H,64,74)/t49-,50-,53+,54+,55+,56+,85?,86?/m0/s1. The Morgan fingerprint density at radius 1 is 0.558 bits per heavy atom. The van der Waals surface area contributed by atoms with Crippen LogP contribution in [0.4, 0.5) is 9.59 Å². The van der Waals surface area contributed by atoms with E-state index in [2.05, 4.69) is 41.9 Å². The van der Waals surface area contributed by atoms with Crippen molar-refractivity contribution in [2.45, 2.75) is 246 Å². The lowest BCUT2D eigenvalue weighted by Gasteiger charge is -2.40. The van der Waals surface area contributed by atoms with E-state index in [-0.39, 0.29) is 50.1 Å². The van der Waals surface area contributed by atoms with E-state index in [1.807, 2.05) is 73.7 Å². The van der Waals surface area contributed by atoms with Gasteiger partial charge in [0.15, 0.2) is 0 Å². The van der Waals surface area contributed by atoms with Crippen LogP contribution in [0.25, 0.3) is 22.5 Å². The number of aromatic nitrogens is 6. The maximum absolute atomic E-state index is 14.3. The van der Waals surface area contributed by atoms with Gasteiger partial charge in [-0.2, -0.15) is 0 Å². The zero-order valence-corrected chi connectivity index (χ0v) is 55.0. The largest absolute Gasteiger partial charge is 0.444 e. The smallest absolute Gasteiger partial charge is 0.407 e. The van der Waals surface area contributed by atoms with Crippen molar-refractivity contribution in [3.63, 3.8) is 0 Å². The van der Waals surface area contributed by atoms with Crippen LogP contribution < -0.4 is 21.3 Å². The van der Waals surface area contributed by atoms with Crippen LogP contribution >= 0.6 is 15.2 Å². The van der Waals surface area contributed by atoms with E-state index in [9.17, 15) is 28.3 Å². The molecule has 26 heteroatoms. The number of benzene rings is 1. The summed E-state index contributed by atoms with van der Waals surface area (Å²) in [7, 11) is -4.95. The van der Waals surface area contributed by atoms with Crippen molar-refractivity contribution in [1.82, 2.24) is 51.3 Å². The molecule has 0 saturated carbocycles. The van der Waals surface area contributed by atoms with Crippen LogP contribution in [0.15, 0.2) is 59.4 Å². The molecular formula is C60H98N10O14P2. The van der Waals surface area contributed by atoms with Crippen LogP contribution in [0.3, 0.4) is 0 Å². The molecule has 0 aliphatic heterocycles. The van der Waals surface area contributed by atoms with E-state index in [1.165, 1.54) is 28.1 Å². The SMILES string of the molecule is CCC(CC)O[C@@H]1C=C(P(=O)(OC)OCCCCCCn2cc(-c3ccc(-c4cn(CCCCCCOP(=O)(OC)C5=C[C@@H](OC(CC)CC)[C@H](NC(C)=O)[C@@H](NC(=O)OC(C)(C)C)C5)nn4)cc3)nn2)C[C@H](NC(=O)OC(C)(C)C)[C@H]1NC(C)=O. The summed E-state index contributed by atoms with van der Waals surface area (Å²) in [5.41, 5.74) is 1.80. The van der Waals surface area contributed by atoms with Crippen molar-refractivity contribution >= 4 is 39.2 Å². The van der Waals surface area contributed by atoms with E-state index < -0.39 is 75.0 Å². The Morgan fingerprint density at radius 2 is 0.907 bits per heavy atom. The maximum atomic E-state index is 14.3. The van der Waals surface area contributed by atoms with Gasteiger partial charge in [-0.1, -0.05) is 88.1 Å². The molecular weight excluding hydrogens is 1150 g/mol. The fraction of sp³-hybridized carbons (Fsp3) is 0.700. The molecule has 2 aliphatic carbocycles. The highest BCUT2D eigenvalue weighted by Crippen LogP contribution is 2.60. The molecule has 2 aliphatic rings. The Labute approximate surface area is 509 Å². The third-order valence-corrected chi connectivity index (χ3v) is 18.7. The quantitative estimate of drug-likeness (QED) is 0.0319. The Hall–Kier alpha value is -5.32. The summed E-state index contributed by atoms with van der Waals surface area (Å²) in [6.07, 6.45) is 13.6. The molecule has 4 amide bonds. The summed E-state index contributed by atoms with van der Waals surface area (Å²) in [6, 6.07) is 5.19. The van der Waals surface area contributed by atoms with E-state index in [0.29, 0.717) is 36.6 Å². The number of nitrogens with one attached hydrogen (secondary N) is 4. The number of carbonyl (C=O) groups excluding carboxylic acids is 4. The van der Waals surface area contributed by atoms with Crippen LogP contribution in [-0.4, -0.2) is 141 Å². The van der Waals surface area contributed by atoms with Crippen LogP contribution in [0.5, 0.6) is 0 Å². The third-order valence-electron chi connectivity index (χ3n) is 14.6. The van der Waals surface area contributed by atoms with Gasteiger partial charge in [0.1, 0.15) is 22.6 Å². The lowest BCUT2D eigenvalue weighted by molar-refractivity contribution is -0.122. The van der Waals surface area contributed by atoms with Gasteiger partial charge < -0.3 is 58.3 Å². The first-order chi connectivity index (χ1) is 40.7. The van der Waals surface area contributed by atoms with Gasteiger partial charge in [0, 0.05) is 75.8 Å². The minimum Gasteiger partial charge on any atom is -0.444 e. The molecule has 5 rings (SSSR count). The molecule has 86 heavy (non-hydrogen) atoms. The molecule has 2 aromatic heterocycles. The zero-order chi connectivity index (χ0) is 63.2. The molecule has 2 unspecified atom stereocenters. The van der Waals surface area contributed by atoms with E-state index in [4.69, 9.17) is 37.0 Å². The first-order valence-corrected chi connectivity index (χ1v) is 33.6. The average molecular weight is 1250 g/mol. The number of nitrogens with zero attached hydrogens (tertiary/aromatic N) is 6. The number of ether oxygens (including phenoxy) is 4. The summed E-state index contributed by atoms with van der Waals surface area (Å²) in [6.45, 7) is 23.1. The van der Waals surface area contributed by atoms with Crippen LogP contribution in [0.2, 0.25) is 0 Å².